The molecule has 0 amide bonds. The van der Waals surface area contributed by atoms with Gasteiger partial charge in [0.25, 0.3) is 0 Å². The Morgan fingerprint density at radius 3 is 2.36 bits per heavy atom. The van der Waals surface area contributed by atoms with Crippen LogP contribution in [-0.2, 0) is 9.47 Å². The molecule has 2 aliphatic heterocycles. The average molecular weight is 155 g/mol. The lowest BCUT2D eigenvalue weighted by atomic mass is 10.0. The van der Waals surface area contributed by atoms with Gasteiger partial charge in [0, 0.05) is 0 Å². The summed E-state index contributed by atoms with van der Waals surface area (Å²) in [4.78, 5) is 0. The Morgan fingerprint density at radius 1 is 1.45 bits per heavy atom. The Balaban J connectivity index is 1.69. The predicted octanol–water partition coefficient (Wildman–Crippen LogP) is 1.55. The van der Waals surface area contributed by atoms with Crippen LogP contribution >= 0.6 is 0 Å². The zero-order valence-electron chi connectivity index (χ0n) is 7.39. The van der Waals surface area contributed by atoms with Gasteiger partial charge in [-0.25, -0.2) is 0 Å². The van der Waals surface area contributed by atoms with Crippen molar-refractivity contribution in [2.45, 2.75) is 44.5 Å². The lowest BCUT2D eigenvalue weighted by molar-refractivity contribution is 0.312. The van der Waals surface area contributed by atoms with E-state index >= 15 is 0 Å². The molecule has 63 valence electrons. The Kier molecular flexibility index (Phi) is 1.37. The molecule has 2 heterocycles. The molecule has 0 aromatic carbocycles. The summed E-state index contributed by atoms with van der Waals surface area (Å²) in [5, 5.41) is 0. The fourth-order valence-electron chi connectivity index (χ4n) is 1.25. The van der Waals surface area contributed by atoms with E-state index in [-0.39, 0.29) is 11.2 Å². The third kappa shape index (κ3) is 1.57. The van der Waals surface area contributed by atoms with Gasteiger partial charge in [0.15, 0.2) is 0 Å². The van der Waals surface area contributed by atoms with Gasteiger partial charge in [-0.3, -0.25) is 0 Å². The Hall–Kier alpha value is -0.0800. The molecule has 2 heteroatoms. The van der Waals surface area contributed by atoms with Crippen LogP contribution in [0.1, 0.15) is 27.2 Å². The second kappa shape index (κ2) is 1.99. The molecule has 0 N–H and O–H groups in total. The van der Waals surface area contributed by atoms with E-state index in [1.54, 1.807) is 0 Å². The molecule has 0 aliphatic carbocycles. The molecule has 0 bridgehead atoms. The van der Waals surface area contributed by atoms with Gasteiger partial charge >= 0.3 is 0 Å². The maximum absolute atomic E-state index is 5.44. The number of hydrogen-bond acceptors (Lipinski definition) is 2. The van der Waals surface area contributed by atoms with Gasteiger partial charge in [0.1, 0.15) is 0 Å². The first-order chi connectivity index (χ1) is 5.02. The van der Waals surface area contributed by atoms with E-state index < -0.39 is 0 Å². The first-order valence-electron chi connectivity index (χ1n) is 4.18. The molecule has 2 nitrogen and oxygen atoms in total. The molecule has 2 rings (SSSR count). The molecule has 0 aromatic rings. The third-order valence-corrected chi connectivity index (χ3v) is 2.53. The molecule has 1 radical (unpaired) electrons. The van der Waals surface area contributed by atoms with Crippen LogP contribution in [0.3, 0.4) is 0 Å². The van der Waals surface area contributed by atoms with Gasteiger partial charge in [-0.05, 0) is 33.6 Å². The second-order valence-corrected chi connectivity index (χ2v) is 4.25. The molecule has 2 atom stereocenters. The van der Waals surface area contributed by atoms with Crippen LogP contribution in [0.5, 0.6) is 0 Å². The predicted molar refractivity (Wildman–Crippen MR) is 42.2 cm³/mol. The summed E-state index contributed by atoms with van der Waals surface area (Å²) in [5.41, 5.74) is 0.212. The average Bonchev–Trinajstić information content (AvgIpc) is 2.72. The van der Waals surface area contributed by atoms with Crippen molar-refractivity contribution < 1.29 is 9.47 Å². The summed E-state index contributed by atoms with van der Waals surface area (Å²) in [6, 6.07) is 0. The molecular formula is C9H15O2. The van der Waals surface area contributed by atoms with E-state index in [1.807, 2.05) is 0 Å². The Labute approximate surface area is 67.9 Å². The van der Waals surface area contributed by atoms with Crippen LogP contribution in [0.15, 0.2) is 0 Å². The Bertz CT molecular complexity index is 170. The molecule has 2 aliphatic rings. The summed E-state index contributed by atoms with van der Waals surface area (Å²) < 4.78 is 10.7. The van der Waals surface area contributed by atoms with Gasteiger partial charge in [0.05, 0.1) is 23.9 Å². The van der Waals surface area contributed by atoms with Crippen molar-refractivity contribution in [3.63, 3.8) is 0 Å². The third-order valence-electron chi connectivity index (χ3n) is 2.53. The molecule has 0 spiro atoms. The number of rotatable bonds is 3. The van der Waals surface area contributed by atoms with Crippen molar-refractivity contribution in [1.29, 1.82) is 0 Å². The number of hydrogen-bond donors (Lipinski definition) is 0. The standard InChI is InChI=1S/C9H15O2/c1-8(2)7(11-8)4-5-9(3)6-10-9/h5,7H,4,6H2,1-3H3. The SMILES string of the molecule is CC1([CH]CC2OC2(C)C)CO1. The van der Waals surface area contributed by atoms with Crippen LogP contribution in [0.2, 0.25) is 0 Å². The van der Waals surface area contributed by atoms with Gasteiger partial charge in [-0.2, -0.15) is 0 Å². The van der Waals surface area contributed by atoms with E-state index in [4.69, 9.17) is 9.47 Å². The highest BCUT2D eigenvalue weighted by molar-refractivity contribution is 5.06. The zero-order chi connectivity index (χ0) is 8.11. The molecule has 2 fully saturated rings. The summed E-state index contributed by atoms with van der Waals surface area (Å²) in [7, 11) is 0. The van der Waals surface area contributed by atoms with Crippen LogP contribution in [0.25, 0.3) is 0 Å². The van der Waals surface area contributed by atoms with Crippen molar-refractivity contribution in [3.05, 3.63) is 6.42 Å². The van der Waals surface area contributed by atoms with Gasteiger partial charge in [-0.15, -0.1) is 0 Å². The van der Waals surface area contributed by atoms with Crippen molar-refractivity contribution in [2.24, 2.45) is 0 Å². The summed E-state index contributed by atoms with van der Waals surface area (Å²) in [5.74, 6) is 0. The maximum Gasteiger partial charge on any atom is 0.0921 e. The smallest absolute Gasteiger partial charge is 0.0921 e. The first kappa shape index (κ1) is 7.56. The normalized spacial score (nSPS) is 45.5. The van der Waals surface area contributed by atoms with Crippen molar-refractivity contribution >= 4 is 0 Å². The number of ether oxygens (including phenoxy) is 2. The lowest BCUT2D eigenvalue weighted by Gasteiger charge is -2.01. The van der Waals surface area contributed by atoms with E-state index in [2.05, 4.69) is 27.2 Å². The zero-order valence-corrected chi connectivity index (χ0v) is 7.39. The van der Waals surface area contributed by atoms with Crippen molar-refractivity contribution in [1.82, 2.24) is 0 Å². The highest BCUT2D eigenvalue weighted by atomic mass is 16.6. The van der Waals surface area contributed by atoms with Gasteiger partial charge in [0.2, 0.25) is 0 Å². The van der Waals surface area contributed by atoms with Crippen molar-refractivity contribution in [3.8, 4) is 0 Å². The van der Waals surface area contributed by atoms with Crippen LogP contribution in [0.4, 0.5) is 0 Å². The minimum absolute atomic E-state index is 0.0853. The highest BCUT2D eigenvalue weighted by Gasteiger charge is 2.49. The second-order valence-electron chi connectivity index (χ2n) is 4.25. The minimum atomic E-state index is 0.0853. The van der Waals surface area contributed by atoms with E-state index in [9.17, 15) is 0 Å². The quantitative estimate of drug-likeness (QED) is 0.578. The van der Waals surface area contributed by atoms with Crippen LogP contribution in [-0.4, -0.2) is 23.9 Å². The molecule has 11 heavy (non-hydrogen) atoms. The largest absolute Gasteiger partial charge is 0.370 e. The van der Waals surface area contributed by atoms with Crippen LogP contribution in [0, 0.1) is 6.42 Å². The molecular weight excluding hydrogens is 140 g/mol. The maximum atomic E-state index is 5.44. The van der Waals surface area contributed by atoms with E-state index in [0.717, 1.165) is 13.0 Å². The van der Waals surface area contributed by atoms with Crippen molar-refractivity contribution in [2.75, 3.05) is 6.61 Å². The van der Waals surface area contributed by atoms with Gasteiger partial charge < -0.3 is 9.47 Å². The Morgan fingerprint density at radius 2 is 2.00 bits per heavy atom. The topological polar surface area (TPSA) is 25.1 Å². The molecule has 0 aromatic heterocycles. The highest BCUT2D eigenvalue weighted by Crippen LogP contribution is 2.41. The number of epoxide rings is 2. The minimum Gasteiger partial charge on any atom is -0.370 e. The summed E-state index contributed by atoms with van der Waals surface area (Å²) in [6.07, 6.45) is 3.69. The molecule has 2 saturated heterocycles. The fourth-order valence-corrected chi connectivity index (χ4v) is 1.25. The fraction of sp³-hybridized carbons (Fsp3) is 0.889. The van der Waals surface area contributed by atoms with E-state index in [1.165, 1.54) is 0 Å². The first-order valence-corrected chi connectivity index (χ1v) is 4.18. The monoisotopic (exact) mass is 155 g/mol. The molecule has 0 saturated carbocycles. The summed E-state index contributed by atoms with van der Waals surface area (Å²) in [6.45, 7) is 7.26. The lowest BCUT2D eigenvalue weighted by Crippen LogP contribution is -2.10. The van der Waals surface area contributed by atoms with E-state index in [0.29, 0.717) is 6.10 Å². The molecule has 2 unspecified atom stereocenters. The van der Waals surface area contributed by atoms with Crippen LogP contribution < -0.4 is 0 Å². The van der Waals surface area contributed by atoms with Gasteiger partial charge in [-0.1, -0.05) is 0 Å². The summed E-state index contributed by atoms with van der Waals surface area (Å²) >= 11 is 0.